The van der Waals surface area contributed by atoms with Crippen molar-refractivity contribution >= 4 is 21.7 Å². The van der Waals surface area contributed by atoms with Gasteiger partial charge >= 0.3 is 0 Å². The van der Waals surface area contributed by atoms with Crippen LogP contribution in [0.1, 0.15) is 34.9 Å². The Morgan fingerprint density at radius 3 is 2.94 bits per heavy atom. The molecule has 0 aromatic heterocycles. The molecule has 1 saturated heterocycles. The zero-order valence-corrected chi connectivity index (χ0v) is 10.3. The zero-order valence-electron chi connectivity index (χ0n) is 8.71. The molecule has 1 aromatic rings. The van der Waals surface area contributed by atoms with Gasteiger partial charge in [-0.1, -0.05) is 22.0 Å². The van der Waals surface area contributed by atoms with E-state index in [-0.39, 0.29) is 22.8 Å². The molecule has 2 nitrogen and oxygen atoms in total. The molecule has 0 N–H and O–H groups in total. The Morgan fingerprint density at radius 2 is 2.38 bits per heavy atom. The number of Topliss-reactive ketones (excluding diaryl/α,β-unsaturated/α-hetero) is 1. The first kappa shape index (κ1) is 11.7. The minimum atomic E-state index is -0.461. The van der Waals surface area contributed by atoms with Crippen LogP contribution in [0, 0.1) is 5.82 Å². The largest absolute Gasteiger partial charge is 0.374 e. The number of ketones is 1. The topological polar surface area (TPSA) is 26.3 Å². The number of hydrogen-bond acceptors (Lipinski definition) is 2. The van der Waals surface area contributed by atoms with E-state index in [0.717, 1.165) is 25.0 Å². The summed E-state index contributed by atoms with van der Waals surface area (Å²) in [7, 11) is 0. The lowest BCUT2D eigenvalue weighted by atomic mass is 10.0. The fourth-order valence-corrected chi connectivity index (χ4v) is 2.17. The molecule has 1 aliphatic rings. The van der Waals surface area contributed by atoms with Crippen LogP contribution in [0.5, 0.6) is 0 Å². The molecule has 0 amide bonds. The Labute approximate surface area is 102 Å². The summed E-state index contributed by atoms with van der Waals surface area (Å²) < 4.78 is 19.1. The number of alkyl halides is 1. The van der Waals surface area contributed by atoms with E-state index in [2.05, 4.69) is 15.9 Å². The molecule has 1 heterocycles. The Balaban J connectivity index is 2.25. The fourth-order valence-electron chi connectivity index (χ4n) is 1.87. The Hall–Kier alpha value is -0.740. The van der Waals surface area contributed by atoms with E-state index in [1.165, 1.54) is 12.1 Å². The van der Waals surface area contributed by atoms with Gasteiger partial charge in [-0.25, -0.2) is 4.39 Å². The summed E-state index contributed by atoms with van der Waals surface area (Å²) in [5, 5.41) is 0.142. The van der Waals surface area contributed by atoms with Gasteiger partial charge < -0.3 is 4.74 Å². The van der Waals surface area contributed by atoms with E-state index >= 15 is 0 Å². The lowest BCUT2D eigenvalue weighted by Gasteiger charge is -2.10. The van der Waals surface area contributed by atoms with Gasteiger partial charge in [-0.3, -0.25) is 4.79 Å². The van der Waals surface area contributed by atoms with Gasteiger partial charge in [0.1, 0.15) is 5.82 Å². The van der Waals surface area contributed by atoms with Crippen LogP contribution in [0.4, 0.5) is 4.39 Å². The van der Waals surface area contributed by atoms with Crippen molar-refractivity contribution in [2.45, 2.75) is 18.9 Å². The molecule has 0 saturated carbocycles. The van der Waals surface area contributed by atoms with E-state index < -0.39 is 5.82 Å². The van der Waals surface area contributed by atoms with Crippen molar-refractivity contribution in [3.05, 3.63) is 35.1 Å². The van der Waals surface area contributed by atoms with E-state index in [0.29, 0.717) is 0 Å². The first-order chi connectivity index (χ1) is 7.72. The van der Waals surface area contributed by atoms with Crippen molar-refractivity contribution in [1.29, 1.82) is 0 Å². The number of carbonyl (C=O) groups is 1. The highest BCUT2D eigenvalue weighted by Gasteiger charge is 2.19. The van der Waals surface area contributed by atoms with Crippen LogP contribution in [0.3, 0.4) is 0 Å². The van der Waals surface area contributed by atoms with Crippen molar-refractivity contribution in [3.8, 4) is 0 Å². The molecule has 2 rings (SSSR count). The molecule has 86 valence electrons. The summed E-state index contributed by atoms with van der Waals surface area (Å²) in [6.07, 6.45) is 1.92. The van der Waals surface area contributed by atoms with Crippen LogP contribution in [0.2, 0.25) is 0 Å². The Morgan fingerprint density at radius 1 is 1.56 bits per heavy atom. The smallest absolute Gasteiger partial charge is 0.176 e. The van der Waals surface area contributed by atoms with Gasteiger partial charge in [-0.05, 0) is 30.5 Å². The Bertz CT molecular complexity index is 400. The highest BCUT2D eigenvalue weighted by atomic mass is 79.9. The average Bonchev–Trinajstić information content (AvgIpc) is 2.81. The monoisotopic (exact) mass is 286 g/mol. The summed E-state index contributed by atoms with van der Waals surface area (Å²) in [5.41, 5.74) is 0.958. The van der Waals surface area contributed by atoms with Crippen molar-refractivity contribution < 1.29 is 13.9 Å². The highest BCUT2D eigenvalue weighted by molar-refractivity contribution is 9.09. The number of halogens is 2. The quantitative estimate of drug-likeness (QED) is 0.630. The Kier molecular flexibility index (Phi) is 3.71. The first-order valence-electron chi connectivity index (χ1n) is 5.22. The summed E-state index contributed by atoms with van der Waals surface area (Å²) in [5.74, 6) is -0.700. The number of hydrogen-bond donors (Lipinski definition) is 0. The summed E-state index contributed by atoms with van der Waals surface area (Å²) in [6, 6.07) is 4.72. The molecule has 0 spiro atoms. The molecule has 0 bridgehead atoms. The molecule has 0 aliphatic carbocycles. The van der Waals surface area contributed by atoms with Crippen molar-refractivity contribution in [1.82, 2.24) is 0 Å². The molecular weight excluding hydrogens is 275 g/mol. The first-order valence-corrected chi connectivity index (χ1v) is 6.34. The van der Waals surface area contributed by atoms with E-state index in [1.54, 1.807) is 6.07 Å². The molecule has 1 atom stereocenters. The summed E-state index contributed by atoms with van der Waals surface area (Å²) >= 11 is 3.03. The zero-order chi connectivity index (χ0) is 11.5. The molecule has 4 heteroatoms. The number of ether oxygens (including phenoxy) is 1. The molecule has 1 aliphatic heterocycles. The second-order valence-corrected chi connectivity index (χ2v) is 4.36. The predicted molar refractivity (Wildman–Crippen MR) is 62.5 cm³/mol. The van der Waals surface area contributed by atoms with Crippen LogP contribution in [0.15, 0.2) is 18.2 Å². The molecule has 0 radical (unpaired) electrons. The molecule has 0 unspecified atom stereocenters. The van der Waals surface area contributed by atoms with Crippen LogP contribution < -0.4 is 0 Å². The highest BCUT2D eigenvalue weighted by Crippen LogP contribution is 2.29. The van der Waals surface area contributed by atoms with E-state index in [9.17, 15) is 9.18 Å². The molecule has 16 heavy (non-hydrogen) atoms. The lowest BCUT2D eigenvalue weighted by molar-refractivity contribution is 0.101. The van der Waals surface area contributed by atoms with Crippen LogP contribution in [-0.4, -0.2) is 17.7 Å². The molecule has 1 aromatic carbocycles. The maximum atomic E-state index is 13.6. The number of benzene rings is 1. The van der Waals surface area contributed by atoms with Crippen LogP contribution in [0.25, 0.3) is 0 Å². The maximum absolute atomic E-state index is 13.6. The minimum absolute atomic E-state index is 0.0115. The second kappa shape index (κ2) is 5.06. The minimum Gasteiger partial charge on any atom is -0.374 e. The van der Waals surface area contributed by atoms with Gasteiger partial charge in [0.2, 0.25) is 0 Å². The van der Waals surface area contributed by atoms with Gasteiger partial charge in [-0.15, -0.1) is 0 Å². The predicted octanol–water partition coefficient (Wildman–Crippen LogP) is 3.25. The van der Waals surface area contributed by atoms with Gasteiger partial charge in [0.15, 0.2) is 5.78 Å². The molecule has 1 fully saturated rings. The third-order valence-corrected chi connectivity index (χ3v) is 3.23. The van der Waals surface area contributed by atoms with Crippen molar-refractivity contribution in [3.63, 3.8) is 0 Å². The normalized spacial score (nSPS) is 20.0. The summed E-state index contributed by atoms with van der Waals surface area (Å²) in [6.45, 7) is 0.731. The average molecular weight is 287 g/mol. The third kappa shape index (κ3) is 2.33. The van der Waals surface area contributed by atoms with Crippen molar-refractivity contribution in [2.24, 2.45) is 0 Å². The van der Waals surface area contributed by atoms with Gasteiger partial charge in [0.05, 0.1) is 17.0 Å². The summed E-state index contributed by atoms with van der Waals surface area (Å²) in [4.78, 5) is 11.3. The van der Waals surface area contributed by atoms with E-state index in [4.69, 9.17) is 4.74 Å². The van der Waals surface area contributed by atoms with Crippen molar-refractivity contribution in [2.75, 3.05) is 11.9 Å². The van der Waals surface area contributed by atoms with Gasteiger partial charge in [0, 0.05) is 6.61 Å². The van der Waals surface area contributed by atoms with Gasteiger partial charge in [-0.2, -0.15) is 0 Å². The third-order valence-electron chi connectivity index (χ3n) is 2.72. The van der Waals surface area contributed by atoms with E-state index in [1.807, 2.05) is 0 Å². The van der Waals surface area contributed by atoms with Gasteiger partial charge in [0.25, 0.3) is 0 Å². The lowest BCUT2D eigenvalue weighted by Crippen LogP contribution is -2.05. The fraction of sp³-hybridized carbons (Fsp3) is 0.417. The van der Waals surface area contributed by atoms with Crippen LogP contribution in [-0.2, 0) is 4.74 Å². The van der Waals surface area contributed by atoms with Crippen LogP contribution >= 0.6 is 15.9 Å². The number of carbonyl (C=O) groups excluding carboxylic acids is 1. The standard InChI is InChI=1S/C12H12BrFO2/c13-7-11(15)9-4-3-8(6-10(9)14)12-2-1-5-16-12/h3-4,6,12H,1-2,5,7H2/t12-/m0/s1. The molecular formula is C12H12BrFO2. The maximum Gasteiger partial charge on any atom is 0.176 e. The number of rotatable bonds is 3. The SMILES string of the molecule is O=C(CBr)c1ccc([C@@H]2CCCO2)cc1F. The second-order valence-electron chi connectivity index (χ2n) is 3.80.